The molecule has 0 saturated carbocycles. The number of halogens is 1. The largest absolute Gasteiger partial charge is 0.493 e. The fraction of sp³-hybridized carbons (Fsp3) is 0.0833. The highest BCUT2D eigenvalue weighted by molar-refractivity contribution is 8.18. The number of hydrogen-bond acceptors (Lipinski definition) is 9. The maximum Gasteiger partial charge on any atom is 0.339 e. The minimum atomic E-state index is -4.27. The molecule has 0 radical (unpaired) electrons. The number of imide groups is 1. The molecule has 1 fully saturated rings. The summed E-state index contributed by atoms with van der Waals surface area (Å²) in [6.45, 7) is -0.0582. The zero-order chi connectivity index (χ0) is 26.7. The average Bonchev–Trinajstić information content (AvgIpc) is 3.12. The smallest absolute Gasteiger partial charge is 0.339 e. The van der Waals surface area contributed by atoms with E-state index in [-0.39, 0.29) is 33.5 Å². The third kappa shape index (κ3) is 5.78. The molecule has 1 saturated heterocycles. The van der Waals surface area contributed by atoms with E-state index in [1.165, 1.54) is 55.7 Å². The molecule has 2 amide bonds. The van der Waals surface area contributed by atoms with Crippen molar-refractivity contribution in [3.63, 3.8) is 0 Å². The normalized spacial score (nSPS) is 14.8. The molecule has 10 nitrogen and oxygen atoms in total. The van der Waals surface area contributed by atoms with Crippen molar-refractivity contribution in [2.45, 2.75) is 11.4 Å². The summed E-state index contributed by atoms with van der Waals surface area (Å²) in [4.78, 5) is 36.4. The van der Waals surface area contributed by atoms with Crippen LogP contribution < -0.4 is 8.92 Å². The molecule has 0 aromatic heterocycles. The van der Waals surface area contributed by atoms with Crippen LogP contribution in [-0.4, -0.2) is 36.5 Å². The van der Waals surface area contributed by atoms with Gasteiger partial charge >= 0.3 is 10.1 Å². The molecule has 1 aliphatic rings. The van der Waals surface area contributed by atoms with Crippen molar-refractivity contribution in [3.05, 3.63) is 98.7 Å². The minimum Gasteiger partial charge on any atom is -0.493 e. The topological polar surface area (TPSA) is 133 Å². The van der Waals surface area contributed by atoms with Crippen LogP contribution in [0.2, 0.25) is 0 Å². The van der Waals surface area contributed by atoms with Crippen molar-refractivity contribution in [2.75, 3.05) is 7.11 Å². The van der Waals surface area contributed by atoms with E-state index >= 15 is 0 Å². The number of carbonyl (C=O) groups is 2. The molecular weight excluding hydrogens is 527 g/mol. The Bertz CT molecular complexity index is 1520. The van der Waals surface area contributed by atoms with Crippen LogP contribution in [0, 0.1) is 15.9 Å². The zero-order valence-electron chi connectivity index (χ0n) is 19.0. The number of carbonyl (C=O) groups excluding carboxylic acids is 2. The Morgan fingerprint density at radius 2 is 1.70 bits per heavy atom. The maximum absolute atomic E-state index is 13.1. The number of nitrogens with zero attached hydrogens (tertiary/aromatic N) is 2. The van der Waals surface area contributed by atoms with Crippen molar-refractivity contribution < 1.29 is 36.2 Å². The van der Waals surface area contributed by atoms with Crippen LogP contribution in [-0.2, 0) is 21.5 Å². The molecule has 0 atom stereocenters. The average molecular weight is 545 g/mol. The van der Waals surface area contributed by atoms with Crippen LogP contribution in [0.4, 0.5) is 14.9 Å². The van der Waals surface area contributed by atoms with Gasteiger partial charge in [0.1, 0.15) is 10.7 Å². The first-order valence-corrected chi connectivity index (χ1v) is 12.7. The van der Waals surface area contributed by atoms with Crippen LogP contribution in [0.25, 0.3) is 6.08 Å². The molecule has 0 bridgehead atoms. The lowest BCUT2D eigenvalue weighted by Crippen LogP contribution is -2.27. The van der Waals surface area contributed by atoms with E-state index < -0.39 is 32.0 Å². The summed E-state index contributed by atoms with van der Waals surface area (Å²) in [6, 6.07) is 13.9. The Morgan fingerprint density at radius 1 is 1.03 bits per heavy atom. The number of amides is 2. The summed E-state index contributed by atoms with van der Waals surface area (Å²) in [7, 11) is -2.97. The van der Waals surface area contributed by atoms with Crippen molar-refractivity contribution in [2.24, 2.45) is 0 Å². The number of non-ortho nitro benzene ring substituents is 1. The molecule has 37 heavy (non-hydrogen) atoms. The Kier molecular flexibility index (Phi) is 7.27. The number of methoxy groups -OCH3 is 1. The van der Waals surface area contributed by atoms with Gasteiger partial charge in [0.25, 0.3) is 16.8 Å². The van der Waals surface area contributed by atoms with Crippen molar-refractivity contribution in [3.8, 4) is 11.5 Å². The molecule has 1 aliphatic heterocycles. The fourth-order valence-corrected chi connectivity index (χ4v) is 5.08. The van der Waals surface area contributed by atoms with Gasteiger partial charge in [-0.25, -0.2) is 4.39 Å². The number of nitro groups is 1. The standard InChI is InChI=1S/C24H17FN2O8S2/c1-34-21-12-16(4-11-20(21)35-37(32,33)19-9-5-17(25)6-10-19)13-22-23(28)26(24(29)36-22)14-15-2-7-18(8-3-15)27(30)31/h2-13H,14H2,1H3/b22-13-. The molecule has 13 heteroatoms. The van der Waals surface area contributed by atoms with Crippen LogP contribution in [0.5, 0.6) is 11.5 Å². The highest BCUT2D eigenvalue weighted by Crippen LogP contribution is 2.36. The predicted octanol–water partition coefficient (Wildman–Crippen LogP) is 4.75. The summed E-state index contributed by atoms with van der Waals surface area (Å²) in [5.74, 6) is -1.23. The first kappa shape index (κ1) is 25.9. The van der Waals surface area contributed by atoms with E-state index in [9.17, 15) is 32.5 Å². The highest BCUT2D eigenvalue weighted by Gasteiger charge is 2.35. The second kappa shape index (κ2) is 10.4. The first-order chi connectivity index (χ1) is 17.6. The SMILES string of the molecule is COc1cc(/C=C2\SC(=O)N(Cc3ccc([N+](=O)[O-])cc3)C2=O)ccc1OS(=O)(=O)c1ccc(F)cc1. The fourth-order valence-electron chi connectivity index (χ4n) is 3.30. The van der Waals surface area contributed by atoms with E-state index in [0.717, 1.165) is 40.9 Å². The lowest BCUT2D eigenvalue weighted by atomic mass is 10.1. The third-order valence-corrected chi connectivity index (χ3v) is 7.30. The van der Waals surface area contributed by atoms with Gasteiger partial charge in [-0.15, -0.1) is 0 Å². The number of benzene rings is 3. The van der Waals surface area contributed by atoms with E-state index in [1.54, 1.807) is 0 Å². The molecule has 0 unspecified atom stereocenters. The van der Waals surface area contributed by atoms with Gasteiger partial charge in [0.15, 0.2) is 11.5 Å². The lowest BCUT2D eigenvalue weighted by Gasteiger charge is -2.12. The van der Waals surface area contributed by atoms with Gasteiger partial charge in [-0.2, -0.15) is 8.42 Å². The molecule has 1 heterocycles. The highest BCUT2D eigenvalue weighted by atomic mass is 32.2. The third-order valence-electron chi connectivity index (χ3n) is 5.15. The molecule has 4 rings (SSSR count). The van der Waals surface area contributed by atoms with Crippen LogP contribution in [0.15, 0.2) is 76.5 Å². The van der Waals surface area contributed by atoms with Gasteiger partial charge in [0.2, 0.25) is 0 Å². The van der Waals surface area contributed by atoms with Crippen molar-refractivity contribution >= 4 is 44.8 Å². The molecule has 0 spiro atoms. The lowest BCUT2D eigenvalue weighted by molar-refractivity contribution is -0.384. The number of hydrogen-bond donors (Lipinski definition) is 0. The second-order valence-corrected chi connectivity index (χ2v) is 10.1. The summed E-state index contributed by atoms with van der Waals surface area (Å²) in [5.41, 5.74) is 0.869. The predicted molar refractivity (Wildman–Crippen MR) is 132 cm³/mol. The van der Waals surface area contributed by atoms with Gasteiger partial charge in [-0.1, -0.05) is 18.2 Å². The maximum atomic E-state index is 13.1. The summed E-state index contributed by atoms with van der Waals surface area (Å²) in [6.07, 6.45) is 1.45. The Hall–Kier alpha value is -4.23. The van der Waals surface area contributed by atoms with Crippen LogP contribution >= 0.6 is 11.8 Å². The number of ether oxygens (including phenoxy) is 1. The minimum absolute atomic E-state index is 0.0459. The van der Waals surface area contributed by atoms with Crippen LogP contribution in [0.1, 0.15) is 11.1 Å². The molecule has 0 aliphatic carbocycles. The number of rotatable bonds is 8. The van der Waals surface area contributed by atoms with E-state index in [0.29, 0.717) is 11.1 Å². The van der Waals surface area contributed by atoms with Gasteiger partial charge in [0.05, 0.1) is 23.5 Å². The summed E-state index contributed by atoms with van der Waals surface area (Å²) in [5, 5.41) is 10.3. The number of nitro benzene ring substituents is 1. The monoisotopic (exact) mass is 544 g/mol. The molecule has 3 aromatic rings. The van der Waals surface area contributed by atoms with Gasteiger partial charge < -0.3 is 8.92 Å². The summed E-state index contributed by atoms with van der Waals surface area (Å²) >= 11 is 0.722. The molecule has 190 valence electrons. The Labute approximate surface area is 214 Å². The Balaban J connectivity index is 1.52. The van der Waals surface area contributed by atoms with E-state index in [4.69, 9.17) is 8.92 Å². The summed E-state index contributed by atoms with van der Waals surface area (Å²) < 4.78 is 48.6. The van der Waals surface area contributed by atoms with Crippen molar-refractivity contribution in [1.29, 1.82) is 0 Å². The van der Waals surface area contributed by atoms with E-state index in [1.807, 2.05) is 0 Å². The van der Waals surface area contributed by atoms with Gasteiger partial charge in [-0.05, 0) is 65.4 Å². The van der Waals surface area contributed by atoms with Gasteiger partial charge in [0, 0.05) is 12.1 Å². The molecule has 3 aromatic carbocycles. The zero-order valence-corrected chi connectivity index (χ0v) is 20.6. The first-order valence-electron chi connectivity index (χ1n) is 10.4. The molecular formula is C24H17FN2O8S2. The Morgan fingerprint density at radius 3 is 2.32 bits per heavy atom. The quantitative estimate of drug-likeness (QED) is 0.170. The van der Waals surface area contributed by atoms with Crippen LogP contribution in [0.3, 0.4) is 0 Å². The number of thioether (sulfide) groups is 1. The van der Waals surface area contributed by atoms with E-state index in [2.05, 4.69) is 0 Å². The van der Waals surface area contributed by atoms with Gasteiger partial charge in [-0.3, -0.25) is 24.6 Å². The molecule has 0 N–H and O–H groups in total. The van der Waals surface area contributed by atoms with Crippen molar-refractivity contribution in [1.82, 2.24) is 4.90 Å². The second-order valence-electron chi connectivity index (χ2n) is 7.59.